The summed E-state index contributed by atoms with van der Waals surface area (Å²) in [5, 5.41) is 0. The highest BCUT2D eigenvalue weighted by molar-refractivity contribution is 5.65. The lowest BCUT2D eigenvalue weighted by Gasteiger charge is -1.89. The highest BCUT2D eigenvalue weighted by Gasteiger charge is 1.81. The highest BCUT2D eigenvalue weighted by atomic mass is 16.5. The molecule has 0 aliphatic carbocycles. The molecule has 5 rings (SSSR count). The summed E-state index contributed by atoms with van der Waals surface area (Å²) in [5.41, 5.74) is 6.61. The van der Waals surface area contributed by atoms with Gasteiger partial charge in [0.05, 0.1) is 6.61 Å². The van der Waals surface area contributed by atoms with Gasteiger partial charge in [0.1, 0.15) is 0 Å². The minimum Gasteiger partial charge on any atom is -0.466 e. The highest BCUT2D eigenvalue weighted by Crippen LogP contribution is 1.94. The van der Waals surface area contributed by atoms with Crippen LogP contribution in [-0.2, 0) is 9.53 Å². The van der Waals surface area contributed by atoms with Gasteiger partial charge in [-0.3, -0.25) is 4.79 Å². The Morgan fingerprint density at radius 3 is 0.634 bits per heavy atom. The molecule has 0 fully saturated rings. The molecule has 0 spiro atoms. The van der Waals surface area contributed by atoms with E-state index in [9.17, 15) is 4.79 Å². The Morgan fingerprint density at radius 1 is 0.415 bits per heavy atom. The Labute approximate surface area is 249 Å². The van der Waals surface area contributed by atoms with Gasteiger partial charge in [0.25, 0.3) is 0 Å². The molecule has 0 unspecified atom stereocenters. The molecule has 216 valence electrons. The Morgan fingerprint density at radius 2 is 0.585 bits per heavy atom. The van der Waals surface area contributed by atoms with Crippen LogP contribution in [0.3, 0.4) is 0 Å². The first-order valence-corrected chi connectivity index (χ1v) is 14.0. The van der Waals surface area contributed by atoms with Gasteiger partial charge < -0.3 is 4.74 Å². The number of carbonyl (C=O) groups is 1. The van der Waals surface area contributed by atoms with Crippen molar-refractivity contribution in [3.63, 3.8) is 0 Å². The van der Waals surface area contributed by atoms with Crippen LogP contribution in [0.2, 0.25) is 0 Å². The predicted octanol–water partition coefficient (Wildman–Crippen LogP) is 10.5. The topological polar surface area (TPSA) is 26.3 Å². The van der Waals surface area contributed by atoms with Gasteiger partial charge in [-0.1, -0.05) is 179 Å². The maximum atomic E-state index is 9.82. The second-order valence-corrected chi connectivity index (χ2v) is 9.20. The number of aryl methyl sites for hydroxylation is 5. The summed E-state index contributed by atoms with van der Waals surface area (Å²) in [6, 6.07) is 51.3. The number of hydrogen-bond acceptors (Lipinski definition) is 2. The summed E-state index contributed by atoms with van der Waals surface area (Å²) in [6.45, 7) is 14.1. The molecule has 0 bridgehead atoms. The average Bonchev–Trinajstić information content (AvgIpc) is 2.97. The zero-order valence-corrected chi connectivity index (χ0v) is 26.0. The van der Waals surface area contributed by atoms with Gasteiger partial charge in [-0.25, -0.2) is 0 Å². The van der Waals surface area contributed by atoms with Crippen molar-refractivity contribution in [2.24, 2.45) is 0 Å². The minimum absolute atomic E-state index is 0.211. The largest absolute Gasteiger partial charge is 0.466 e. The minimum atomic E-state index is -0.211. The monoisotopic (exact) mass is 548 g/mol. The SMILES string of the molecule is CCOC(C)=O.Cc1ccccc1.Cc1ccccc1.Cc1ccccc1.Cc1ccccc1.Cc1ccccc1. The first-order valence-electron chi connectivity index (χ1n) is 14.0. The van der Waals surface area contributed by atoms with Crippen molar-refractivity contribution in [2.45, 2.75) is 48.5 Å². The van der Waals surface area contributed by atoms with Gasteiger partial charge in [0.2, 0.25) is 0 Å². The Balaban J connectivity index is 0.000000469. The van der Waals surface area contributed by atoms with E-state index in [1.54, 1.807) is 6.92 Å². The molecule has 0 heterocycles. The van der Waals surface area contributed by atoms with Gasteiger partial charge in [0, 0.05) is 6.92 Å². The Bertz CT molecular complexity index is 1000. The summed E-state index contributed by atoms with van der Waals surface area (Å²) in [7, 11) is 0. The van der Waals surface area contributed by atoms with E-state index in [4.69, 9.17) is 0 Å². The Kier molecular flexibility index (Phi) is 23.0. The van der Waals surface area contributed by atoms with Crippen molar-refractivity contribution in [3.05, 3.63) is 179 Å². The molecule has 0 atom stereocenters. The molecule has 2 heteroatoms. The third-order valence-corrected chi connectivity index (χ3v) is 5.05. The maximum Gasteiger partial charge on any atom is 0.302 e. The number of hydrogen-bond donors (Lipinski definition) is 0. The van der Waals surface area contributed by atoms with Gasteiger partial charge in [0.15, 0.2) is 0 Å². The summed E-state index contributed by atoms with van der Waals surface area (Å²) in [5.74, 6) is -0.211. The fraction of sp³-hybridized carbons (Fsp3) is 0.205. The zero-order valence-electron chi connectivity index (χ0n) is 26.0. The van der Waals surface area contributed by atoms with Gasteiger partial charge in [-0.05, 0) is 41.5 Å². The Hall–Kier alpha value is -4.43. The molecule has 0 radical (unpaired) electrons. The van der Waals surface area contributed by atoms with Crippen LogP contribution in [0.1, 0.15) is 41.7 Å². The molecular formula is C39H48O2. The first kappa shape index (κ1) is 36.6. The molecular weight excluding hydrogens is 500 g/mol. The van der Waals surface area contributed by atoms with Crippen LogP contribution in [0, 0.1) is 34.6 Å². The molecule has 41 heavy (non-hydrogen) atoms. The molecule has 0 aliphatic rings. The van der Waals surface area contributed by atoms with E-state index >= 15 is 0 Å². The summed E-state index contributed by atoms with van der Waals surface area (Å²) in [4.78, 5) is 9.82. The van der Waals surface area contributed by atoms with Crippen molar-refractivity contribution >= 4 is 5.97 Å². The third kappa shape index (κ3) is 26.9. The predicted molar refractivity (Wildman–Crippen MR) is 178 cm³/mol. The van der Waals surface area contributed by atoms with E-state index in [2.05, 4.69) is 100 Å². The van der Waals surface area contributed by atoms with E-state index in [-0.39, 0.29) is 5.97 Å². The fourth-order valence-electron chi connectivity index (χ4n) is 2.88. The normalized spacial score (nSPS) is 8.56. The second-order valence-electron chi connectivity index (χ2n) is 9.20. The summed E-state index contributed by atoms with van der Waals surface area (Å²) < 4.78 is 4.40. The fourth-order valence-corrected chi connectivity index (χ4v) is 2.88. The average molecular weight is 549 g/mol. The van der Waals surface area contributed by atoms with Gasteiger partial charge in [-0.2, -0.15) is 0 Å². The molecule has 0 aliphatic heterocycles. The molecule has 2 nitrogen and oxygen atoms in total. The lowest BCUT2D eigenvalue weighted by molar-refractivity contribution is -0.140. The standard InChI is InChI=1S/5C7H8.C4H8O2/c5*1-7-5-3-2-4-6-7;1-3-6-4(2)5/h5*2-6H,1H3;3H2,1-2H3. The molecule has 5 aromatic rings. The zero-order chi connectivity index (χ0) is 30.6. The maximum absolute atomic E-state index is 9.82. The summed E-state index contributed by atoms with van der Waals surface area (Å²) >= 11 is 0. The molecule has 5 aromatic carbocycles. The third-order valence-electron chi connectivity index (χ3n) is 5.05. The van der Waals surface area contributed by atoms with Crippen LogP contribution >= 0.6 is 0 Å². The molecule has 0 aromatic heterocycles. The lowest BCUT2D eigenvalue weighted by Crippen LogP contribution is -1.95. The molecule has 0 saturated heterocycles. The van der Waals surface area contributed by atoms with Crippen molar-refractivity contribution in [1.82, 2.24) is 0 Å². The molecule has 0 saturated carbocycles. The quantitative estimate of drug-likeness (QED) is 0.195. The van der Waals surface area contributed by atoms with Crippen molar-refractivity contribution in [2.75, 3.05) is 6.61 Å². The van der Waals surface area contributed by atoms with E-state index in [0.717, 1.165) is 0 Å². The van der Waals surface area contributed by atoms with Crippen molar-refractivity contribution in [3.8, 4) is 0 Å². The van der Waals surface area contributed by atoms with Crippen LogP contribution in [0.15, 0.2) is 152 Å². The van der Waals surface area contributed by atoms with E-state index in [1.165, 1.54) is 34.7 Å². The van der Waals surface area contributed by atoms with Gasteiger partial charge >= 0.3 is 5.97 Å². The smallest absolute Gasteiger partial charge is 0.302 e. The number of carbonyl (C=O) groups excluding carboxylic acids is 1. The molecule has 0 amide bonds. The second kappa shape index (κ2) is 25.8. The summed E-state index contributed by atoms with van der Waals surface area (Å²) in [6.07, 6.45) is 0. The van der Waals surface area contributed by atoms with Gasteiger partial charge in [-0.15, -0.1) is 0 Å². The van der Waals surface area contributed by atoms with E-state index < -0.39 is 0 Å². The van der Waals surface area contributed by atoms with Crippen LogP contribution in [0.5, 0.6) is 0 Å². The van der Waals surface area contributed by atoms with E-state index in [1.807, 2.05) is 91.0 Å². The number of benzene rings is 5. The number of rotatable bonds is 1. The van der Waals surface area contributed by atoms with Crippen LogP contribution in [0.4, 0.5) is 0 Å². The van der Waals surface area contributed by atoms with Crippen molar-refractivity contribution in [1.29, 1.82) is 0 Å². The number of ether oxygens (including phenoxy) is 1. The lowest BCUT2D eigenvalue weighted by atomic mass is 10.2. The van der Waals surface area contributed by atoms with E-state index in [0.29, 0.717) is 6.61 Å². The first-order chi connectivity index (χ1) is 19.7. The number of esters is 1. The molecule has 0 N–H and O–H groups in total. The van der Waals surface area contributed by atoms with Crippen molar-refractivity contribution < 1.29 is 9.53 Å². The van der Waals surface area contributed by atoms with Crippen LogP contribution in [0.25, 0.3) is 0 Å². The van der Waals surface area contributed by atoms with Crippen LogP contribution in [-0.4, -0.2) is 12.6 Å². The van der Waals surface area contributed by atoms with Crippen LogP contribution < -0.4 is 0 Å².